The quantitative estimate of drug-likeness (QED) is 0.167. The number of rotatable bonds is 20. The van der Waals surface area contributed by atoms with Crippen LogP contribution in [-0.4, -0.2) is 0 Å². The molecule has 0 heterocycles. The van der Waals surface area contributed by atoms with E-state index >= 15 is 0 Å². The lowest BCUT2D eigenvalue weighted by atomic mass is 9.88. The highest BCUT2D eigenvalue weighted by Crippen LogP contribution is 2.27. The molecule has 0 aliphatic rings. The lowest BCUT2D eigenvalue weighted by molar-refractivity contribution is 0.529. The average Bonchev–Trinajstić information content (AvgIpc) is 2.88. The molecule has 0 aliphatic heterocycles. The van der Waals surface area contributed by atoms with Crippen molar-refractivity contribution in [1.29, 1.82) is 0 Å². The molecule has 35 heavy (non-hydrogen) atoms. The van der Waals surface area contributed by atoms with Crippen molar-refractivity contribution in [1.82, 2.24) is 0 Å². The lowest BCUT2D eigenvalue weighted by Gasteiger charge is -2.17. The highest BCUT2D eigenvalue weighted by Gasteiger charge is 2.11. The predicted octanol–water partition coefficient (Wildman–Crippen LogP) is 11.3. The second kappa shape index (κ2) is 18.4. The van der Waals surface area contributed by atoms with Gasteiger partial charge < -0.3 is 0 Å². The first-order valence-electron chi connectivity index (χ1n) is 15.0. The third-order valence-corrected chi connectivity index (χ3v) is 7.92. The van der Waals surface area contributed by atoms with Crippen molar-refractivity contribution in [2.45, 2.75) is 136 Å². The highest BCUT2D eigenvalue weighted by atomic mass is 14.2. The first-order valence-corrected chi connectivity index (χ1v) is 15.0. The van der Waals surface area contributed by atoms with Crippen LogP contribution in [0.5, 0.6) is 0 Å². The van der Waals surface area contributed by atoms with Crippen LogP contribution in [0.15, 0.2) is 43.0 Å². The molecule has 2 rings (SSSR count). The summed E-state index contributed by atoms with van der Waals surface area (Å²) in [6, 6.07) is 13.2. The van der Waals surface area contributed by atoms with E-state index in [1.165, 1.54) is 143 Å². The van der Waals surface area contributed by atoms with Crippen LogP contribution in [-0.2, 0) is 12.8 Å². The van der Waals surface area contributed by atoms with E-state index < -0.39 is 0 Å². The maximum atomic E-state index is 4.12. The normalized spacial score (nSPS) is 11.2. The zero-order valence-electron chi connectivity index (χ0n) is 23.5. The van der Waals surface area contributed by atoms with Gasteiger partial charge >= 0.3 is 0 Å². The van der Waals surface area contributed by atoms with Gasteiger partial charge in [0, 0.05) is 0 Å². The van der Waals surface area contributed by atoms with Crippen molar-refractivity contribution in [3.63, 3.8) is 0 Å². The van der Waals surface area contributed by atoms with Gasteiger partial charge in [-0.2, -0.15) is 0 Å². The molecule has 2 aromatic carbocycles. The molecule has 0 saturated heterocycles. The van der Waals surface area contributed by atoms with Gasteiger partial charge in [0.25, 0.3) is 0 Å². The van der Waals surface area contributed by atoms with Crippen LogP contribution in [0.4, 0.5) is 0 Å². The van der Waals surface area contributed by atoms with Gasteiger partial charge in [0.1, 0.15) is 0 Å². The first-order chi connectivity index (χ1) is 17.2. The van der Waals surface area contributed by atoms with Gasteiger partial charge in [0.15, 0.2) is 0 Å². The third kappa shape index (κ3) is 11.6. The first kappa shape index (κ1) is 29.4. The fourth-order valence-electron chi connectivity index (χ4n) is 5.41. The molecule has 0 radical (unpaired) electrons. The van der Waals surface area contributed by atoms with E-state index in [4.69, 9.17) is 0 Å². The van der Waals surface area contributed by atoms with Crippen molar-refractivity contribution in [3.05, 3.63) is 76.4 Å². The Hall–Kier alpha value is -1.82. The predicted molar refractivity (Wildman–Crippen MR) is 159 cm³/mol. The molecule has 0 atom stereocenters. The van der Waals surface area contributed by atoms with E-state index in [2.05, 4.69) is 69.8 Å². The van der Waals surface area contributed by atoms with Gasteiger partial charge in [0.05, 0.1) is 0 Å². The fourth-order valence-corrected chi connectivity index (χ4v) is 5.41. The highest BCUT2D eigenvalue weighted by molar-refractivity contribution is 5.59. The molecule has 194 valence electrons. The van der Waals surface area contributed by atoms with E-state index in [1.54, 1.807) is 0 Å². The molecule has 0 amide bonds. The second-order valence-electron chi connectivity index (χ2n) is 10.8. The number of hydrogen-bond donors (Lipinski definition) is 0. The smallest absolute Gasteiger partial charge is 0.00171 e. The standard InChI is InChI=1S/C35H54/c1-5-7-8-9-10-11-12-13-14-15-16-17-18-19-20-24-27-34-29-33(6-2)35(31(4)30(34)3)28-32-25-22-21-23-26-32/h6,21-23,25-26,29H,2,5,7-20,24,27-28H2,1,3-4H3. The maximum absolute atomic E-state index is 4.12. The topological polar surface area (TPSA) is 0 Å². The van der Waals surface area contributed by atoms with E-state index in [1.807, 2.05) is 0 Å². The summed E-state index contributed by atoms with van der Waals surface area (Å²) in [5.41, 5.74) is 8.62. The van der Waals surface area contributed by atoms with E-state index in [9.17, 15) is 0 Å². The Morgan fingerprint density at radius 3 is 1.60 bits per heavy atom. The van der Waals surface area contributed by atoms with E-state index in [0.29, 0.717) is 0 Å². The number of hydrogen-bond acceptors (Lipinski definition) is 0. The van der Waals surface area contributed by atoms with Crippen molar-refractivity contribution >= 4 is 6.08 Å². The molecule has 0 heteroatoms. The van der Waals surface area contributed by atoms with Crippen molar-refractivity contribution in [3.8, 4) is 0 Å². The molecular formula is C35H54. The van der Waals surface area contributed by atoms with Crippen LogP contribution in [0, 0.1) is 13.8 Å². The van der Waals surface area contributed by atoms with Gasteiger partial charge in [-0.05, 0) is 66.5 Å². The van der Waals surface area contributed by atoms with Crippen LogP contribution >= 0.6 is 0 Å². The van der Waals surface area contributed by atoms with Crippen molar-refractivity contribution in [2.24, 2.45) is 0 Å². The molecule has 0 aliphatic carbocycles. The molecule has 0 nitrogen and oxygen atoms in total. The molecule has 0 N–H and O–H groups in total. The monoisotopic (exact) mass is 474 g/mol. The summed E-state index contributed by atoms with van der Waals surface area (Å²) in [7, 11) is 0. The molecule has 0 unspecified atom stereocenters. The zero-order valence-corrected chi connectivity index (χ0v) is 23.5. The van der Waals surface area contributed by atoms with Crippen LogP contribution < -0.4 is 0 Å². The van der Waals surface area contributed by atoms with Gasteiger partial charge in [-0.1, -0.05) is 152 Å². The van der Waals surface area contributed by atoms with Gasteiger partial charge in [-0.15, -0.1) is 0 Å². The summed E-state index contributed by atoms with van der Waals surface area (Å²) in [5.74, 6) is 0. The Kier molecular flexibility index (Phi) is 15.5. The third-order valence-electron chi connectivity index (χ3n) is 7.92. The van der Waals surface area contributed by atoms with Gasteiger partial charge in [-0.3, -0.25) is 0 Å². The Bertz CT molecular complexity index is 814. The minimum Gasteiger partial charge on any atom is -0.0985 e. The van der Waals surface area contributed by atoms with E-state index in [-0.39, 0.29) is 0 Å². The van der Waals surface area contributed by atoms with Crippen LogP contribution in [0.1, 0.15) is 143 Å². The molecule has 0 saturated carbocycles. The van der Waals surface area contributed by atoms with Crippen LogP contribution in [0.25, 0.3) is 6.08 Å². The molecule has 0 spiro atoms. The van der Waals surface area contributed by atoms with Crippen LogP contribution in [0.3, 0.4) is 0 Å². The molecule has 0 fully saturated rings. The summed E-state index contributed by atoms with van der Waals surface area (Å²) < 4.78 is 0. The van der Waals surface area contributed by atoms with Crippen LogP contribution in [0.2, 0.25) is 0 Å². The van der Waals surface area contributed by atoms with Gasteiger partial charge in [-0.25, -0.2) is 0 Å². The minimum absolute atomic E-state index is 0.994. The van der Waals surface area contributed by atoms with Crippen molar-refractivity contribution in [2.75, 3.05) is 0 Å². The maximum Gasteiger partial charge on any atom is -0.00171 e. The van der Waals surface area contributed by atoms with Crippen molar-refractivity contribution < 1.29 is 0 Å². The zero-order chi connectivity index (χ0) is 25.1. The Morgan fingerprint density at radius 1 is 0.629 bits per heavy atom. The molecular weight excluding hydrogens is 420 g/mol. The lowest BCUT2D eigenvalue weighted by Crippen LogP contribution is -2.02. The fraction of sp³-hybridized carbons (Fsp3) is 0.600. The number of aryl methyl sites for hydroxylation is 1. The molecule has 0 bridgehead atoms. The summed E-state index contributed by atoms with van der Waals surface area (Å²) in [6.45, 7) is 11.0. The Labute approximate surface area is 218 Å². The summed E-state index contributed by atoms with van der Waals surface area (Å²) in [6.07, 6.45) is 27.1. The molecule has 2 aromatic rings. The summed E-state index contributed by atoms with van der Waals surface area (Å²) in [4.78, 5) is 0. The summed E-state index contributed by atoms with van der Waals surface area (Å²) >= 11 is 0. The Balaban J connectivity index is 1.58. The Morgan fingerprint density at radius 2 is 1.11 bits per heavy atom. The summed E-state index contributed by atoms with van der Waals surface area (Å²) in [5, 5.41) is 0. The SMILES string of the molecule is C=Cc1cc(CCCCCCCCCCCCCCCCCC)c(C)c(C)c1Cc1ccccc1. The number of benzene rings is 2. The number of unbranched alkanes of at least 4 members (excludes halogenated alkanes) is 15. The van der Waals surface area contributed by atoms with Gasteiger partial charge in [0.2, 0.25) is 0 Å². The van der Waals surface area contributed by atoms with E-state index in [0.717, 1.165) is 6.42 Å². The second-order valence-corrected chi connectivity index (χ2v) is 10.8. The molecule has 0 aromatic heterocycles. The minimum atomic E-state index is 0.994. The largest absolute Gasteiger partial charge is 0.0985 e. The average molecular weight is 475 g/mol.